The number of nitrogens with zero attached hydrogens (tertiary/aromatic N) is 2. The van der Waals surface area contributed by atoms with Crippen molar-refractivity contribution in [2.24, 2.45) is 5.92 Å². The van der Waals surface area contributed by atoms with Crippen LogP contribution in [0.15, 0.2) is 42.7 Å². The molecule has 0 bridgehead atoms. The molecular formula is C18H21N3O2. The molecule has 0 spiro atoms. The molecule has 1 N–H and O–H groups in total. The van der Waals surface area contributed by atoms with E-state index in [-0.39, 0.29) is 17.9 Å². The largest absolute Gasteiger partial charge is 0.378 e. The maximum atomic E-state index is 12.4. The van der Waals surface area contributed by atoms with E-state index < -0.39 is 0 Å². The van der Waals surface area contributed by atoms with E-state index in [2.05, 4.69) is 22.2 Å². The highest BCUT2D eigenvalue weighted by molar-refractivity contribution is 5.92. The van der Waals surface area contributed by atoms with E-state index in [4.69, 9.17) is 4.74 Å². The summed E-state index contributed by atoms with van der Waals surface area (Å²) >= 11 is 0. The number of anilines is 1. The smallest absolute Gasteiger partial charge is 0.227 e. The molecule has 1 aliphatic rings. The normalized spacial score (nSPS) is 20.9. The summed E-state index contributed by atoms with van der Waals surface area (Å²) in [6, 6.07) is 9.41. The number of benzene rings is 1. The Morgan fingerprint density at radius 3 is 2.70 bits per heavy atom. The van der Waals surface area contributed by atoms with Crippen LogP contribution in [0.25, 0.3) is 11.4 Å². The van der Waals surface area contributed by atoms with E-state index in [0.29, 0.717) is 12.4 Å². The second-order valence-electron chi connectivity index (χ2n) is 5.76. The van der Waals surface area contributed by atoms with Gasteiger partial charge in [-0.3, -0.25) is 4.79 Å². The van der Waals surface area contributed by atoms with Crippen molar-refractivity contribution in [3.63, 3.8) is 0 Å². The minimum atomic E-state index is 0.0332. The molecule has 1 aromatic carbocycles. The number of nitrogens with one attached hydrogen (secondary N) is 1. The first-order valence-electron chi connectivity index (χ1n) is 8.06. The molecule has 1 aliphatic heterocycles. The van der Waals surface area contributed by atoms with E-state index in [1.807, 2.05) is 24.3 Å². The number of carbonyl (C=O) groups excluding carboxylic acids is 1. The van der Waals surface area contributed by atoms with Gasteiger partial charge >= 0.3 is 0 Å². The molecule has 0 aliphatic carbocycles. The first-order chi connectivity index (χ1) is 11.3. The van der Waals surface area contributed by atoms with Crippen LogP contribution < -0.4 is 5.32 Å². The van der Waals surface area contributed by atoms with Crippen LogP contribution in [0.5, 0.6) is 0 Å². The van der Waals surface area contributed by atoms with Crippen LogP contribution in [0.2, 0.25) is 0 Å². The Hall–Kier alpha value is -2.27. The SMILES string of the molecule is CC[C@H]1C[C@@H](C(=O)Nc2ccc(-c3ncccn3)cc2)CCO1. The minimum Gasteiger partial charge on any atom is -0.378 e. The Bertz CT molecular complexity index is 643. The molecule has 0 unspecified atom stereocenters. The lowest BCUT2D eigenvalue weighted by Crippen LogP contribution is -2.33. The van der Waals surface area contributed by atoms with Gasteiger partial charge in [0.1, 0.15) is 0 Å². The van der Waals surface area contributed by atoms with Crippen molar-refractivity contribution in [3.05, 3.63) is 42.7 Å². The topological polar surface area (TPSA) is 64.1 Å². The molecule has 1 amide bonds. The molecule has 2 atom stereocenters. The molecule has 3 rings (SSSR count). The predicted octanol–water partition coefficient (Wildman–Crippen LogP) is 3.29. The Kier molecular flexibility index (Phi) is 4.98. The van der Waals surface area contributed by atoms with Gasteiger partial charge in [0.2, 0.25) is 5.91 Å². The zero-order chi connectivity index (χ0) is 16.1. The third kappa shape index (κ3) is 3.93. The zero-order valence-electron chi connectivity index (χ0n) is 13.2. The van der Waals surface area contributed by atoms with E-state index in [0.717, 1.165) is 30.5 Å². The van der Waals surface area contributed by atoms with Gasteiger partial charge in [-0.15, -0.1) is 0 Å². The highest BCUT2D eigenvalue weighted by atomic mass is 16.5. The van der Waals surface area contributed by atoms with Gasteiger partial charge in [-0.05, 0) is 49.6 Å². The van der Waals surface area contributed by atoms with Crippen LogP contribution in [-0.4, -0.2) is 28.6 Å². The fourth-order valence-electron chi connectivity index (χ4n) is 2.80. The maximum Gasteiger partial charge on any atom is 0.227 e. The summed E-state index contributed by atoms with van der Waals surface area (Å²) in [6.07, 6.45) is 6.18. The molecule has 1 saturated heterocycles. The van der Waals surface area contributed by atoms with Crippen molar-refractivity contribution in [1.29, 1.82) is 0 Å². The van der Waals surface area contributed by atoms with Crippen LogP contribution in [0.4, 0.5) is 5.69 Å². The van der Waals surface area contributed by atoms with Crippen LogP contribution in [-0.2, 0) is 9.53 Å². The van der Waals surface area contributed by atoms with Gasteiger partial charge in [0.25, 0.3) is 0 Å². The van der Waals surface area contributed by atoms with Crippen molar-refractivity contribution < 1.29 is 9.53 Å². The van der Waals surface area contributed by atoms with Gasteiger partial charge in [0.05, 0.1) is 6.10 Å². The molecule has 1 aromatic heterocycles. The average Bonchev–Trinajstić information content (AvgIpc) is 2.63. The molecule has 23 heavy (non-hydrogen) atoms. The Labute approximate surface area is 136 Å². The van der Waals surface area contributed by atoms with Gasteiger partial charge in [-0.25, -0.2) is 9.97 Å². The summed E-state index contributed by atoms with van der Waals surface area (Å²) in [6.45, 7) is 2.76. The van der Waals surface area contributed by atoms with Gasteiger partial charge in [-0.1, -0.05) is 6.92 Å². The van der Waals surface area contributed by atoms with Gasteiger partial charge < -0.3 is 10.1 Å². The first-order valence-corrected chi connectivity index (χ1v) is 8.06. The number of ether oxygens (including phenoxy) is 1. The lowest BCUT2D eigenvalue weighted by Gasteiger charge is -2.28. The summed E-state index contributed by atoms with van der Waals surface area (Å²) in [5.41, 5.74) is 1.73. The first kappa shape index (κ1) is 15.6. The average molecular weight is 311 g/mol. The zero-order valence-corrected chi connectivity index (χ0v) is 13.2. The van der Waals surface area contributed by atoms with Crippen LogP contribution in [0.1, 0.15) is 26.2 Å². The van der Waals surface area contributed by atoms with E-state index >= 15 is 0 Å². The number of rotatable bonds is 4. The number of carbonyl (C=O) groups is 1. The van der Waals surface area contributed by atoms with E-state index in [1.54, 1.807) is 18.5 Å². The maximum absolute atomic E-state index is 12.4. The van der Waals surface area contributed by atoms with Crippen molar-refractivity contribution in [3.8, 4) is 11.4 Å². The Balaban J connectivity index is 1.63. The summed E-state index contributed by atoms with van der Waals surface area (Å²) in [5.74, 6) is 0.793. The summed E-state index contributed by atoms with van der Waals surface area (Å²) in [7, 11) is 0. The standard InChI is InChI=1S/C18H21N3O2/c1-2-16-12-14(8-11-23-16)18(22)21-15-6-4-13(5-7-15)17-19-9-3-10-20-17/h3-7,9-10,14,16H,2,8,11-12H2,1H3,(H,21,22)/t14-,16-/m0/s1. The molecule has 5 nitrogen and oxygen atoms in total. The number of hydrogen-bond donors (Lipinski definition) is 1. The second-order valence-corrected chi connectivity index (χ2v) is 5.76. The summed E-state index contributed by atoms with van der Waals surface area (Å²) in [5, 5.41) is 3.00. The fraction of sp³-hybridized carbons (Fsp3) is 0.389. The van der Waals surface area contributed by atoms with E-state index in [9.17, 15) is 4.79 Å². The predicted molar refractivity (Wildman–Crippen MR) is 88.9 cm³/mol. The molecule has 120 valence electrons. The highest BCUT2D eigenvalue weighted by Gasteiger charge is 2.26. The third-order valence-electron chi connectivity index (χ3n) is 4.17. The molecule has 0 radical (unpaired) electrons. The van der Waals surface area contributed by atoms with Crippen LogP contribution >= 0.6 is 0 Å². The Morgan fingerprint density at radius 2 is 2.00 bits per heavy atom. The molecular weight excluding hydrogens is 290 g/mol. The molecule has 1 fully saturated rings. The molecule has 2 heterocycles. The molecule has 5 heteroatoms. The lowest BCUT2D eigenvalue weighted by atomic mass is 9.93. The number of hydrogen-bond acceptors (Lipinski definition) is 4. The summed E-state index contributed by atoms with van der Waals surface area (Å²) in [4.78, 5) is 20.8. The van der Waals surface area contributed by atoms with Gasteiger partial charge in [-0.2, -0.15) is 0 Å². The van der Waals surface area contributed by atoms with Crippen LogP contribution in [0.3, 0.4) is 0 Å². The van der Waals surface area contributed by atoms with Crippen molar-refractivity contribution in [2.45, 2.75) is 32.3 Å². The van der Waals surface area contributed by atoms with Crippen molar-refractivity contribution >= 4 is 11.6 Å². The second kappa shape index (κ2) is 7.33. The lowest BCUT2D eigenvalue weighted by molar-refractivity contribution is -0.124. The van der Waals surface area contributed by atoms with Gasteiger partial charge in [0, 0.05) is 36.2 Å². The number of aromatic nitrogens is 2. The summed E-state index contributed by atoms with van der Waals surface area (Å²) < 4.78 is 5.63. The van der Waals surface area contributed by atoms with E-state index in [1.165, 1.54) is 0 Å². The minimum absolute atomic E-state index is 0.0332. The Morgan fingerprint density at radius 1 is 1.26 bits per heavy atom. The highest BCUT2D eigenvalue weighted by Crippen LogP contribution is 2.24. The molecule has 0 saturated carbocycles. The third-order valence-corrected chi connectivity index (χ3v) is 4.17. The van der Waals surface area contributed by atoms with Gasteiger partial charge in [0.15, 0.2) is 5.82 Å². The quantitative estimate of drug-likeness (QED) is 0.941. The number of amides is 1. The van der Waals surface area contributed by atoms with Crippen molar-refractivity contribution in [1.82, 2.24) is 9.97 Å². The molecule has 2 aromatic rings. The fourth-order valence-corrected chi connectivity index (χ4v) is 2.80. The van der Waals surface area contributed by atoms with Crippen molar-refractivity contribution in [2.75, 3.05) is 11.9 Å². The van der Waals surface area contributed by atoms with Crippen LogP contribution in [0, 0.1) is 5.92 Å². The monoisotopic (exact) mass is 311 g/mol.